The predicted octanol–water partition coefficient (Wildman–Crippen LogP) is 2.46. The first-order valence-corrected chi connectivity index (χ1v) is 7.89. The van der Waals surface area contributed by atoms with Crippen LogP contribution in [0.4, 0.5) is 5.69 Å². The quantitative estimate of drug-likeness (QED) is 0.370. The molecule has 1 aromatic rings. The summed E-state index contributed by atoms with van der Waals surface area (Å²) in [6.07, 6.45) is 0. The van der Waals surface area contributed by atoms with Gasteiger partial charge in [-0.2, -0.15) is 0 Å². The zero-order chi connectivity index (χ0) is 15.6. The fourth-order valence-corrected chi connectivity index (χ4v) is 3.00. The maximum atomic E-state index is 8.95. The molecule has 1 aliphatic heterocycles. The Kier molecular flexibility index (Phi) is 4.78. The highest BCUT2D eigenvalue weighted by Gasteiger charge is 2.27. The standard InChI is InChI=1S/C15H23BrN4O/c1-15(2,3)20-8-6-19(7-9-20)13-10-11(16)4-5-12(13)14(17)18-21/h4-5,10,21H,6-9H2,1-3H3,(H2,17,18). The van der Waals surface area contributed by atoms with E-state index < -0.39 is 0 Å². The van der Waals surface area contributed by atoms with Crippen molar-refractivity contribution in [1.29, 1.82) is 0 Å². The fourth-order valence-electron chi connectivity index (χ4n) is 2.66. The van der Waals surface area contributed by atoms with Crippen molar-refractivity contribution in [2.75, 3.05) is 31.1 Å². The largest absolute Gasteiger partial charge is 0.409 e. The lowest BCUT2D eigenvalue weighted by Gasteiger charge is -2.43. The molecule has 0 radical (unpaired) electrons. The maximum Gasteiger partial charge on any atom is 0.172 e. The minimum Gasteiger partial charge on any atom is -0.409 e. The summed E-state index contributed by atoms with van der Waals surface area (Å²) in [6, 6.07) is 5.81. The van der Waals surface area contributed by atoms with Gasteiger partial charge in [-0.15, -0.1) is 0 Å². The first kappa shape index (κ1) is 16.1. The molecule has 1 heterocycles. The molecule has 6 heteroatoms. The summed E-state index contributed by atoms with van der Waals surface area (Å²) in [5, 5.41) is 12.1. The van der Waals surface area contributed by atoms with Crippen molar-refractivity contribution in [2.24, 2.45) is 10.9 Å². The van der Waals surface area contributed by atoms with Crippen LogP contribution in [0.15, 0.2) is 27.8 Å². The van der Waals surface area contributed by atoms with Crippen molar-refractivity contribution in [3.8, 4) is 0 Å². The number of amidine groups is 1. The number of piperazine rings is 1. The molecule has 0 saturated carbocycles. The summed E-state index contributed by atoms with van der Waals surface area (Å²) in [7, 11) is 0. The molecule has 1 aromatic carbocycles. The summed E-state index contributed by atoms with van der Waals surface area (Å²) >= 11 is 3.50. The van der Waals surface area contributed by atoms with Crippen LogP contribution in [0.25, 0.3) is 0 Å². The van der Waals surface area contributed by atoms with E-state index in [0.29, 0.717) is 0 Å². The maximum absolute atomic E-state index is 8.95. The lowest BCUT2D eigenvalue weighted by Crippen LogP contribution is -2.53. The SMILES string of the molecule is CC(C)(C)N1CCN(c2cc(Br)ccc2/C(N)=N/O)CC1. The number of oxime groups is 1. The minimum absolute atomic E-state index is 0.149. The molecule has 2 rings (SSSR count). The Morgan fingerprint density at radius 3 is 2.38 bits per heavy atom. The van der Waals surface area contributed by atoms with Crippen LogP contribution < -0.4 is 10.6 Å². The molecule has 0 unspecified atom stereocenters. The number of benzene rings is 1. The number of hydrogen-bond donors (Lipinski definition) is 2. The molecule has 1 aliphatic rings. The Balaban J connectivity index is 2.22. The van der Waals surface area contributed by atoms with Gasteiger partial charge in [-0.3, -0.25) is 4.90 Å². The van der Waals surface area contributed by atoms with Gasteiger partial charge in [0.1, 0.15) is 0 Å². The first-order valence-electron chi connectivity index (χ1n) is 7.10. The third-order valence-corrected chi connectivity index (χ3v) is 4.41. The molecule has 5 nitrogen and oxygen atoms in total. The molecule has 3 N–H and O–H groups in total. The number of nitrogens with two attached hydrogens (primary N) is 1. The van der Waals surface area contributed by atoms with Crippen LogP contribution in [0.1, 0.15) is 26.3 Å². The molecule has 0 spiro atoms. The minimum atomic E-state index is 0.149. The van der Waals surface area contributed by atoms with Crippen molar-refractivity contribution in [1.82, 2.24) is 4.90 Å². The second-order valence-electron chi connectivity index (χ2n) is 6.29. The van der Waals surface area contributed by atoms with Crippen LogP contribution in [0.5, 0.6) is 0 Å². The molecule has 116 valence electrons. The lowest BCUT2D eigenvalue weighted by atomic mass is 10.0. The Labute approximate surface area is 134 Å². The van der Waals surface area contributed by atoms with E-state index in [9.17, 15) is 0 Å². The van der Waals surface area contributed by atoms with Gasteiger partial charge < -0.3 is 15.8 Å². The summed E-state index contributed by atoms with van der Waals surface area (Å²) in [4.78, 5) is 4.77. The molecule has 0 aliphatic carbocycles. The van der Waals surface area contributed by atoms with E-state index in [4.69, 9.17) is 10.9 Å². The molecule has 1 saturated heterocycles. The second-order valence-corrected chi connectivity index (χ2v) is 7.21. The molecular formula is C15H23BrN4O. The van der Waals surface area contributed by atoms with Crippen molar-refractivity contribution in [3.05, 3.63) is 28.2 Å². The number of anilines is 1. The highest BCUT2D eigenvalue weighted by atomic mass is 79.9. The number of hydrogen-bond acceptors (Lipinski definition) is 4. The van der Waals surface area contributed by atoms with Crippen LogP contribution in [-0.2, 0) is 0 Å². The van der Waals surface area contributed by atoms with E-state index in [1.54, 1.807) is 0 Å². The fraction of sp³-hybridized carbons (Fsp3) is 0.533. The van der Waals surface area contributed by atoms with E-state index >= 15 is 0 Å². The zero-order valence-electron chi connectivity index (χ0n) is 12.8. The Morgan fingerprint density at radius 1 is 1.24 bits per heavy atom. The van der Waals surface area contributed by atoms with Gasteiger partial charge in [0.2, 0.25) is 0 Å². The molecular weight excluding hydrogens is 332 g/mol. The van der Waals surface area contributed by atoms with Crippen LogP contribution in [0, 0.1) is 0 Å². The van der Waals surface area contributed by atoms with Gasteiger partial charge in [0.05, 0.1) is 0 Å². The third-order valence-electron chi connectivity index (χ3n) is 3.91. The van der Waals surface area contributed by atoms with Crippen molar-refractivity contribution >= 4 is 27.5 Å². The second kappa shape index (κ2) is 6.23. The van der Waals surface area contributed by atoms with E-state index in [-0.39, 0.29) is 11.4 Å². The normalized spacial score (nSPS) is 18.1. The molecule has 1 fully saturated rings. The van der Waals surface area contributed by atoms with Gasteiger partial charge in [-0.25, -0.2) is 0 Å². The van der Waals surface area contributed by atoms with Gasteiger partial charge in [0.25, 0.3) is 0 Å². The summed E-state index contributed by atoms with van der Waals surface area (Å²) in [5.41, 5.74) is 7.76. The highest BCUT2D eigenvalue weighted by Crippen LogP contribution is 2.27. The van der Waals surface area contributed by atoms with E-state index in [2.05, 4.69) is 51.7 Å². The van der Waals surface area contributed by atoms with Gasteiger partial charge in [-0.1, -0.05) is 21.1 Å². The molecule has 21 heavy (non-hydrogen) atoms. The molecule has 0 aromatic heterocycles. The monoisotopic (exact) mass is 354 g/mol. The highest BCUT2D eigenvalue weighted by molar-refractivity contribution is 9.10. The van der Waals surface area contributed by atoms with Crippen molar-refractivity contribution in [3.63, 3.8) is 0 Å². The van der Waals surface area contributed by atoms with Crippen molar-refractivity contribution < 1.29 is 5.21 Å². The van der Waals surface area contributed by atoms with E-state index in [0.717, 1.165) is 41.9 Å². The number of nitrogens with zero attached hydrogens (tertiary/aromatic N) is 3. The molecule has 0 atom stereocenters. The molecule has 0 bridgehead atoms. The van der Waals surface area contributed by atoms with Crippen LogP contribution in [0.3, 0.4) is 0 Å². The Morgan fingerprint density at radius 2 is 1.86 bits per heavy atom. The van der Waals surface area contributed by atoms with Crippen LogP contribution >= 0.6 is 15.9 Å². The van der Waals surface area contributed by atoms with Crippen LogP contribution in [-0.4, -0.2) is 47.7 Å². The predicted molar refractivity (Wildman–Crippen MR) is 90.2 cm³/mol. The Bertz CT molecular complexity index is 531. The van der Waals surface area contributed by atoms with E-state index in [1.165, 1.54) is 0 Å². The lowest BCUT2D eigenvalue weighted by molar-refractivity contribution is 0.128. The van der Waals surface area contributed by atoms with Crippen molar-refractivity contribution in [2.45, 2.75) is 26.3 Å². The van der Waals surface area contributed by atoms with Gasteiger partial charge in [0.15, 0.2) is 5.84 Å². The third kappa shape index (κ3) is 3.68. The number of halogens is 1. The van der Waals surface area contributed by atoms with Gasteiger partial charge in [0, 0.05) is 47.4 Å². The summed E-state index contributed by atoms with van der Waals surface area (Å²) in [5.74, 6) is 0.149. The topological polar surface area (TPSA) is 65.1 Å². The first-order chi connectivity index (χ1) is 9.82. The van der Waals surface area contributed by atoms with Crippen LogP contribution in [0.2, 0.25) is 0 Å². The Hall–Kier alpha value is -1.27. The number of rotatable bonds is 2. The average molecular weight is 355 g/mol. The van der Waals surface area contributed by atoms with Gasteiger partial charge >= 0.3 is 0 Å². The summed E-state index contributed by atoms with van der Waals surface area (Å²) < 4.78 is 0.991. The molecule has 0 amide bonds. The zero-order valence-corrected chi connectivity index (χ0v) is 14.4. The smallest absolute Gasteiger partial charge is 0.172 e. The average Bonchev–Trinajstić information content (AvgIpc) is 2.45. The summed E-state index contributed by atoms with van der Waals surface area (Å²) in [6.45, 7) is 10.6. The van der Waals surface area contributed by atoms with Gasteiger partial charge in [-0.05, 0) is 39.0 Å². The van der Waals surface area contributed by atoms with E-state index in [1.807, 2.05) is 18.2 Å².